The molecule has 35 heavy (non-hydrogen) atoms. The van der Waals surface area contributed by atoms with Gasteiger partial charge < -0.3 is 42.6 Å². The van der Waals surface area contributed by atoms with Crippen LogP contribution in [0.3, 0.4) is 0 Å². The van der Waals surface area contributed by atoms with E-state index in [4.69, 9.17) is 11.5 Å². The summed E-state index contributed by atoms with van der Waals surface area (Å²) in [5.41, 5.74) is 12.8. The van der Waals surface area contributed by atoms with Crippen molar-refractivity contribution < 1.29 is 29.4 Å². The van der Waals surface area contributed by atoms with Gasteiger partial charge >= 0.3 is 5.97 Å². The summed E-state index contributed by atoms with van der Waals surface area (Å²) in [4.78, 5) is 52.1. The van der Waals surface area contributed by atoms with Crippen LogP contribution in [0.4, 0.5) is 0 Å². The Labute approximate surface area is 202 Å². The Morgan fingerprint density at radius 1 is 1.00 bits per heavy atom. The van der Waals surface area contributed by atoms with Crippen molar-refractivity contribution in [3.05, 3.63) is 36.0 Å². The van der Waals surface area contributed by atoms with Gasteiger partial charge in [0.1, 0.15) is 18.1 Å². The maximum absolute atomic E-state index is 12.6. The van der Waals surface area contributed by atoms with Crippen molar-refractivity contribution in [3.63, 3.8) is 0 Å². The fourth-order valence-electron chi connectivity index (χ4n) is 3.51. The van der Waals surface area contributed by atoms with E-state index in [1.54, 1.807) is 6.20 Å². The first-order valence-electron chi connectivity index (χ1n) is 11.4. The highest BCUT2D eigenvalue weighted by molar-refractivity contribution is 5.94. The molecular formula is C23H34N6O6. The number of rotatable bonds is 14. The summed E-state index contributed by atoms with van der Waals surface area (Å²) in [7, 11) is 0. The van der Waals surface area contributed by atoms with E-state index < -0.39 is 54.5 Å². The minimum Gasteiger partial charge on any atom is -0.480 e. The van der Waals surface area contributed by atoms with Crippen molar-refractivity contribution in [1.82, 2.24) is 20.9 Å². The number of aliphatic carboxylic acids is 1. The highest BCUT2D eigenvalue weighted by Crippen LogP contribution is 2.19. The third kappa shape index (κ3) is 8.05. The number of aliphatic hydroxyl groups excluding tert-OH is 1. The zero-order valence-corrected chi connectivity index (χ0v) is 19.6. The number of aliphatic hydroxyl groups is 1. The maximum Gasteiger partial charge on any atom is 0.326 e. The summed E-state index contributed by atoms with van der Waals surface area (Å²) in [5.74, 6) is -3.38. The first-order valence-corrected chi connectivity index (χ1v) is 11.4. The summed E-state index contributed by atoms with van der Waals surface area (Å²) < 4.78 is 0. The Balaban J connectivity index is 1.93. The summed E-state index contributed by atoms with van der Waals surface area (Å²) in [6, 6.07) is 2.82. The lowest BCUT2D eigenvalue weighted by Crippen LogP contribution is -2.57. The number of aromatic nitrogens is 1. The number of nitrogens with one attached hydrogen (secondary N) is 4. The summed E-state index contributed by atoms with van der Waals surface area (Å²) in [5, 5.41) is 27.1. The third-order valence-corrected chi connectivity index (χ3v) is 5.59. The van der Waals surface area contributed by atoms with Gasteiger partial charge in [-0.15, -0.1) is 0 Å². The van der Waals surface area contributed by atoms with Crippen LogP contribution in [0.2, 0.25) is 0 Å². The fraction of sp³-hybridized carbons (Fsp3) is 0.478. The van der Waals surface area contributed by atoms with Gasteiger partial charge in [-0.2, -0.15) is 0 Å². The molecule has 0 aliphatic carbocycles. The van der Waals surface area contributed by atoms with Crippen molar-refractivity contribution in [3.8, 4) is 0 Å². The van der Waals surface area contributed by atoms with Crippen LogP contribution in [0.15, 0.2) is 30.5 Å². The van der Waals surface area contributed by atoms with Crippen LogP contribution in [0.25, 0.3) is 10.9 Å². The Bertz CT molecular complexity index is 1020. The molecule has 4 unspecified atom stereocenters. The van der Waals surface area contributed by atoms with Crippen LogP contribution in [-0.2, 0) is 25.6 Å². The molecule has 1 aromatic carbocycles. The second-order valence-corrected chi connectivity index (χ2v) is 8.33. The Morgan fingerprint density at radius 2 is 1.69 bits per heavy atom. The number of carbonyl (C=O) groups excluding carboxylic acids is 3. The second kappa shape index (κ2) is 13.4. The second-order valence-electron chi connectivity index (χ2n) is 8.33. The lowest BCUT2D eigenvalue weighted by molar-refractivity contribution is -0.142. The molecule has 0 saturated carbocycles. The van der Waals surface area contributed by atoms with E-state index in [0.717, 1.165) is 16.5 Å². The Hall–Kier alpha value is -3.48. The van der Waals surface area contributed by atoms with Gasteiger partial charge in [0.15, 0.2) is 0 Å². The van der Waals surface area contributed by atoms with Crippen LogP contribution < -0.4 is 27.4 Å². The molecular weight excluding hydrogens is 456 g/mol. The van der Waals surface area contributed by atoms with E-state index in [1.165, 1.54) is 6.92 Å². The number of carboxylic acid groups (broad SMARTS) is 1. The highest BCUT2D eigenvalue weighted by Gasteiger charge is 2.28. The summed E-state index contributed by atoms with van der Waals surface area (Å²) >= 11 is 0. The van der Waals surface area contributed by atoms with Gasteiger partial charge in [-0.25, -0.2) is 4.79 Å². The number of H-pyrrole nitrogens is 1. The third-order valence-electron chi connectivity index (χ3n) is 5.59. The largest absolute Gasteiger partial charge is 0.480 e. The topological polar surface area (TPSA) is 213 Å². The number of fused-ring (bicyclic) bond motifs is 1. The van der Waals surface area contributed by atoms with Gasteiger partial charge in [-0.1, -0.05) is 24.6 Å². The first-order chi connectivity index (χ1) is 16.7. The quantitative estimate of drug-likeness (QED) is 0.149. The molecule has 192 valence electrons. The number of hydrogen-bond donors (Lipinski definition) is 8. The van der Waals surface area contributed by atoms with Crippen molar-refractivity contribution in [1.29, 1.82) is 0 Å². The predicted molar refractivity (Wildman–Crippen MR) is 129 cm³/mol. The molecule has 0 bridgehead atoms. The highest BCUT2D eigenvalue weighted by atomic mass is 16.4. The average molecular weight is 491 g/mol. The van der Waals surface area contributed by atoms with E-state index in [1.807, 2.05) is 24.3 Å². The Kier molecular flexibility index (Phi) is 10.6. The Morgan fingerprint density at radius 3 is 2.34 bits per heavy atom. The van der Waals surface area contributed by atoms with Gasteiger partial charge in [0.2, 0.25) is 17.7 Å². The lowest BCUT2D eigenvalue weighted by atomic mass is 10.0. The molecule has 0 spiro atoms. The van der Waals surface area contributed by atoms with Gasteiger partial charge in [-0.3, -0.25) is 14.4 Å². The van der Waals surface area contributed by atoms with Crippen LogP contribution in [-0.4, -0.2) is 76.2 Å². The molecule has 2 rings (SSSR count). The molecule has 3 amide bonds. The molecule has 0 aliphatic heterocycles. The number of hydrogen-bond acceptors (Lipinski definition) is 7. The average Bonchev–Trinajstić information content (AvgIpc) is 3.24. The number of carboxylic acids is 1. The van der Waals surface area contributed by atoms with Gasteiger partial charge in [0.05, 0.1) is 12.6 Å². The lowest BCUT2D eigenvalue weighted by Gasteiger charge is -2.22. The minimum absolute atomic E-state index is 0.0309. The number of carbonyl (C=O) groups is 4. The van der Waals surface area contributed by atoms with E-state index in [0.29, 0.717) is 25.8 Å². The molecule has 10 N–H and O–H groups in total. The van der Waals surface area contributed by atoms with Crippen LogP contribution in [0.1, 0.15) is 31.7 Å². The van der Waals surface area contributed by atoms with E-state index in [2.05, 4.69) is 20.9 Å². The SMILES string of the molecule is CC(NC(=O)C(CO)NC(=O)C(N)CCCCN)C(=O)NC(Cc1c[nH]c2ccccc12)C(=O)O. The van der Waals surface area contributed by atoms with Gasteiger partial charge in [0.25, 0.3) is 0 Å². The fourth-order valence-corrected chi connectivity index (χ4v) is 3.51. The molecule has 0 aliphatic rings. The smallest absolute Gasteiger partial charge is 0.326 e. The normalized spacial score (nSPS) is 14.5. The number of benzene rings is 1. The molecule has 1 aromatic heterocycles. The zero-order chi connectivity index (χ0) is 26.0. The predicted octanol–water partition coefficient (Wildman–Crippen LogP) is -1.28. The summed E-state index contributed by atoms with van der Waals surface area (Å²) in [6.45, 7) is 1.13. The number of unbranched alkanes of at least 4 members (excludes halogenated alkanes) is 1. The molecule has 0 saturated heterocycles. The number of nitrogens with two attached hydrogens (primary N) is 2. The molecule has 4 atom stereocenters. The standard InChI is InChI=1S/C23H34N6O6/c1-13(27-22(33)19(12-30)29-21(32)16(25)7-4-5-9-24)20(31)28-18(23(34)35)10-14-11-26-17-8-3-2-6-15(14)17/h2-3,6,8,11,13,16,18-19,26,30H,4-5,7,9-10,12,24-25H2,1H3,(H,27,33)(H,28,31)(H,29,32)(H,34,35). The zero-order valence-electron chi connectivity index (χ0n) is 19.6. The number of para-hydroxylation sites is 1. The molecule has 2 aromatic rings. The van der Waals surface area contributed by atoms with Crippen LogP contribution >= 0.6 is 0 Å². The molecule has 0 radical (unpaired) electrons. The van der Waals surface area contributed by atoms with Gasteiger partial charge in [-0.05, 0) is 37.9 Å². The van der Waals surface area contributed by atoms with E-state index in [-0.39, 0.29) is 6.42 Å². The molecule has 12 nitrogen and oxygen atoms in total. The van der Waals surface area contributed by atoms with Crippen LogP contribution in [0.5, 0.6) is 0 Å². The maximum atomic E-state index is 12.6. The van der Waals surface area contributed by atoms with Crippen molar-refractivity contribution >= 4 is 34.6 Å². The molecule has 12 heteroatoms. The first kappa shape index (κ1) is 27.8. The number of amides is 3. The van der Waals surface area contributed by atoms with Gasteiger partial charge in [0, 0.05) is 23.5 Å². The van der Waals surface area contributed by atoms with Crippen molar-refractivity contribution in [2.45, 2.75) is 56.8 Å². The molecule has 0 fully saturated rings. The van der Waals surface area contributed by atoms with E-state index >= 15 is 0 Å². The number of aromatic amines is 1. The monoisotopic (exact) mass is 490 g/mol. The minimum atomic E-state index is -1.32. The molecule has 1 heterocycles. The van der Waals surface area contributed by atoms with Crippen LogP contribution in [0, 0.1) is 0 Å². The van der Waals surface area contributed by atoms with Crippen molar-refractivity contribution in [2.75, 3.05) is 13.2 Å². The van der Waals surface area contributed by atoms with Crippen molar-refractivity contribution in [2.24, 2.45) is 11.5 Å². The van der Waals surface area contributed by atoms with E-state index in [9.17, 15) is 29.4 Å². The summed E-state index contributed by atoms with van der Waals surface area (Å²) in [6.07, 6.45) is 3.43.